The van der Waals surface area contributed by atoms with Gasteiger partial charge in [0.05, 0.1) is 12.5 Å². The molecule has 8 heteroatoms. The molecule has 1 amide bonds. The largest absolute Gasteiger partial charge is 0.481 e. The van der Waals surface area contributed by atoms with Crippen LogP contribution in [0.4, 0.5) is 0 Å². The smallest absolute Gasteiger partial charge is 0.313 e. The first kappa shape index (κ1) is 16.6. The number of aromatic nitrogens is 2. The van der Waals surface area contributed by atoms with Gasteiger partial charge in [-0.3, -0.25) is 19.6 Å². The number of rotatable bonds is 6. The first-order valence-corrected chi connectivity index (χ1v) is 8.47. The summed E-state index contributed by atoms with van der Waals surface area (Å²) in [5, 5.41) is 16.6. The summed E-state index contributed by atoms with van der Waals surface area (Å²) in [6, 6.07) is 5.53. The third-order valence-electron chi connectivity index (χ3n) is 5.28. The van der Waals surface area contributed by atoms with Crippen molar-refractivity contribution in [2.75, 3.05) is 26.2 Å². The zero-order chi connectivity index (χ0) is 18.3. The van der Waals surface area contributed by atoms with Crippen LogP contribution in [0.25, 0.3) is 11.5 Å². The van der Waals surface area contributed by atoms with E-state index in [2.05, 4.69) is 16.8 Å². The standard InChI is InChI=1S/C18H20N4O4/c1-2-7-22-11-18(17(24)25)10-21(9-13(18)16(22)23)8-12-3-4-15(26-12)14-5-6-19-20-14/h2-6,13H,1,7-11H2,(H,19,20)(H,24,25)/t13-,18-/m0/s1. The fraction of sp³-hybridized carbons (Fsp3) is 0.389. The van der Waals surface area contributed by atoms with Crippen molar-refractivity contribution < 1.29 is 19.1 Å². The molecular weight excluding hydrogens is 336 g/mol. The van der Waals surface area contributed by atoms with Crippen LogP contribution in [0.2, 0.25) is 0 Å². The molecule has 0 bridgehead atoms. The van der Waals surface area contributed by atoms with E-state index in [1.807, 2.05) is 23.1 Å². The van der Waals surface area contributed by atoms with Crippen LogP contribution < -0.4 is 0 Å². The number of carbonyl (C=O) groups is 2. The maximum absolute atomic E-state index is 12.6. The molecule has 2 aromatic rings. The van der Waals surface area contributed by atoms with Gasteiger partial charge in [-0.25, -0.2) is 0 Å². The number of hydrogen-bond acceptors (Lipinski definition) is 5. The Balaban J connectivity index is 1.50. The first-order valence-electron chi connectivity index (χ1n) is 8.47. The van der Waals surface area contributed by atoms with Gasteiger partial charge in [-0.1, -0.05) is 6.08 Å². The van der Waals surface area contributed by atoms with Crippen molar-refractivity contribution in [1.29, 1.82) is 0 Å². The lowest BCUT2D eigenvalue weighted by molar-refractivity contribution is -0.149. The van der Waals surface area contributed by atoms with E-state index in [9.17, 15) is 14.7 Å². The first-order chi connectivity index (χ1) is 12.5. The Bertz CT molecular complexity index is 843. The van der Waals surface area contributed by atoms with Crippen LogP contribution in [-0.2, 0) is 16.1 Å². The summed E-state index contributed by atoms with van der Waals surface area (Å²) in [5.74, 6) is -0.138. The Hall–Kier alpha value is -2.87. The average molecular weight is 356 g/mol. The van der Waals surface area contributed by atoms with Gasteiger partial charge < -0.3 is 14.4 Å². The number of carboxylic acids is 1. The Morgan fingerprint density at radius 1 is 1.46 bits per heavy atom. The number of nitrogens with zero attached hydrogens (tertiary/aromatic N) is 3. The van der Waals surface area contributed by atoms with Gasteiger partial charge in [-0.15, -0.1) is 6.58 Å². The molecule has 2 aliphatic heterocycles. The van der Waals surface area contributed by atoms with Gasteiger partial charge in [0.25, 0.3) is 0 Å². The fourth-order valence-electron chi connectivity index (χ4n) is 4.06. The van der Waals surface area contributed by atoms with Gasteiger partial charge in [0.15, 0.2) is 5.76 Å². The molecule has 2 aliphatic rings. The lowest BCUT2D eigenvalue weighted by Crippen LogP contribution is -2.40. The predicted octanol–water partition coefficient (Wildman–Crippen LogP) is 1.20. The van der Waals surface area contributed by atoms with Gasteiger partial charge in [0.1, 0.15) is 16.9 Å². The van der Waals surface area contributed by atoms with Gasteiger partial charge in [0.2, 0.25) is 5.91 Å². The van der Waals surface area contributed by atoms with Crippen LogP contribution in [0.1, 0.15) is 5.76 Å². The third kappa shape index (κ3) is 2.53. The molecular formula is C18H20N4O4. The third-order valence-corrected chi connectivity index (χ3v) is 5.28. The molecule has 0 radical (unpaired) electrons. The summed E-state index contributed by atoms with van der Waals surface area (Å²) in [7, 11) is 0. The van der Waals surface area contributed by atoms with Crippen LogP contribution in [-0.4, -0.2) is 63.2 Å². The maximum Gasteiger partial charge on any atom is 0.313 e. The Morgan fingerprint density at radius 3 is 2.96 bits per heavy atom. The minimum absolute atomic E-state index is 0.104. The topological polar surface area (TPSA) is 103 Å². The molecule has 2 fully saturated rings. The highest BCUT2D eigenvalue weighted by molar-refractivity contribution is 5.92. The number of amides is 1. The molecule has 26 heavy (non-hydrogen) atoms. The molecule has 4 rings (SSSR count). The number of aliphatic carboxylic acids is 1. The molecule has 0 unspecified atom stereocenters. The summed E-state index contributed by atoms with van der Waals surface area (Å²) in [4.78, 5) is 28.2. The van der Waals surface area contributed by atoms with Gasteiger partial charge >= 0.3 is 5.97 Å². The quantitative estimate of drug-likeness (QED) is 0.754. The molecule has 2 aromatic heterocycles. The van der Waals surface area contributed by atoms with E-state index in [1.165, 1.54) is 0 Å². The van der Waals surface area contributed by atoms with Crippen molar-refractivity contribution in [3.63, 3.8) is 0 Å². The zero-order valence-electron chi connectivity index (χ0n) is 14.2. The summed E-state index contributed by atoms with van der Waals surface area (Å²) in [6.45, 7) is 5.46. The highest BCUT2D eigenvalue weighted by Gasteiger charge is 2.61. The van der Waals surface area contributed by atoms with E-state index >= 15 is 0 Å². The highest BCUT2D eigenvalue weighted by Crippen LogP contribution is 2.44. The second-order valence-corrected chi connectivity index (χ2v) is 6.93. The number of likely N-dealkylation sites (tertiary alicyclic amines) is 2. The molecule has 0 spiro atoms. The van der Waals surface area contributed by atoms with Gasteiger partial charge in [-0.2, -0.15) is 5.10 Å². The van der Waals surface area contributed by atoms with E-state index in [-0.39, 0.29) is 12.5 Å². The van der Waals surface area contributed by atoms with Crippen LogP contribution >= 0.6 is 0 Å². The van der Waals surface area contributed by atoms with E-state index in [1.54, 1.807) is 17.2 Å². The lowest BCUT2D eigenvalue weighted by atomic mass is 9.81. The molecule has 0 aromatic carbocycles. The van der Waals surface area contributed by atoms with Crippen LogP contribution in [0.15, 0.2) is 41.5 Å². The number of hydrogen-bond donors (Lipinski definition) is 2. The Labute approximate surface area is 150 Å². The Morgan fingerprint density at radius 2 is 2.31 bits per heavy atom. The van der Waals surface area contributed by atoms with Crippen molar-refractivity contribution in [3.05, 3.63) is 42.8 Å². The average Bonchev–Trinajstić information content (AvgIpc) is 3.35. The van der Waals surface area contributed by atoms with Crippen molar-refractivity contribution in [3.8, 4) is 11.5 Å². The Kier molecular flexibility index (Phi) is 3.91. The number of carbonyl (C=O) groups excluding carboxylic acids is 1. The van der Waals surface area contributed by atoms with E-state index in [0.717, 1.165) is 11.5 Å². The van der Waals surface area contributed by atoms with E-state index < -0.39 is 17.3 Å². The molecule has 2 atom stereocenters. The number of fused-ring (bicyclic) bond motifs is 1. The van der Waals surface area contributed by atoms with Crippen LogP contribution in [0.3, 0.4) is 0 Å². The van der Waals surface area contributed by atoms with E-state index in [0.29, 0.717) is 31.9 Å². The van der Waals surface area contributed by atoms with Crippen molar-refractivity contribution in [2.45, 2.75) is 6.54 Å². The van der Waals surface area contributed by atoms with Crippen molar-refractivity contribution >= 4 is 11.9 Å². The zero-order valence-corrected chi connectivity index (χ0v) is 14.2. The SMILES string of the molecule is C=CCN1C[C@@]2(C(=O)O)CN(Cc3ccc(-c4ccn[nH]4)o3)C[C@H]2C1=O. The van der Waals surface area contributed by atoms with Crippen molar-refractivity contribution in [1.82, 2.24) is 20.0 Å². The van der Waals surface area contributed by atoms with Crippen LogP contribution in [0.5, 0.6) is 0 Å². The van der Waals surface area contributed by atoms with Gasteiger partial charge in [-0.05, 0) is 18.2 Å². The minimum atomic E-state index is -1.06. The summed E-state index contributed by atoms with van der Waals surface area (Å²) in [6.07, 6.45) is 3.28. The number of H-pyrrole nitrogens is 1. The molecule has 2 saturated heterocycles. The number of nitrogens with one attached hydrogen (secondary N) is 1. The second kappa shape index (κ2) is 6.14. The van der Waals surface area contributed by atoms with Crippen molar-refractivity contribution in [2.24, 2.45) is 11.3 Å². The maximum atomic E-state index is 12.6. The van der Waals surface area contributed by atoms with Crippen LogP contribution in [0, 0.1) is 11.3 Å². The second-order valence-electron chi connectivity index (χ2n) is 6.93. The molecule has 136 valence electrons. The highest BCUT2D eigenvalue weighted by atomic mass is 16.4. The monoisotopic (exact) mass is 356 g/mol. The molecule has 2 N–H and O–H groups in total. The summed E-state index contributed by atoms with van der Waals surface area (Å²) >= 11 is 0. The fourth-order valence-corrected chi connectivity index (χ4v) is 4.06. The lowest BCUT2D eigenvalue weighted by Gasteiger charge is -2.24. The molecule has 0 aliphatic carbocycles. The normalized spacial score (nSPS) is 25.6. The molecule has 4 heterocycles. The summed E-state index contributed by atoms with van der Waals surface area (Å²) in [5.41, 5.74) is -0.273. The molecule has 8 nitrogen and oxygen atoms in total. The predicted molar refractivity (Wildman–Crippen MR) is 91.9 cm³/mol. The number of aromatic amines is 1. The van der Waals surface area contributed by atoms with E-state index in [4.69, 9.17) is 4.42 Å². The number of furan rings is 1. The molecule has 0 saturated carbocycles. The summed E-state index contributed by atoms with van der Waals surface area (Å²) < 4.78 is 5.82. The number of carboxylic acid groups (broad SMARTS) is 1. The van der Waals surface area contributed by atoms with Gasteiger partial charge in [0, 0.05) is 32.4 Å². The minimum Gasteiger partial charge on any atom is -0.481 e.